The fourth-order valence-corrected chi connectivity index (χ4v) is 6.69. The first-order valence-electron chi connectivity index (χ1n) is 13.4. The van der Waals surface area contributed by atoms with Crippen molar-refractivity contribution in [2.75, 3.05) is 39.6 Å². The van der Waals surface area contributed by atoms with Crippen molar-refractivity contribution in [2.24, 2.45) is 0 Å². The molecule has 0 atom stereocenters. The molecule has 7 heteroatoms. The van der Waals surface area contributed by atoms with Crippen molar-refractivity contribution < 1.29 is 23.1 Å². The maximum absolute atomic E-state index is 13.8. The van der Waals surface area contributed by atoms with Crippen LogP contribution >= 0.6 is 7.60 Å². The van der Waals surface area contributed by atoms with Gasteiger partial charge < -0.3 is 19.1 Å². The predicted octanol–water partition coefficient (Wildman–Crippen LogP) is 6.71. The molecule has 1 aliphatic rings. The molecule has 2 aromatic carbocycles. The summed E-state index contributed by atoms with van der Waals surface area (Å²) in [6, 6.07) is 16.4. The van der Waals surface area contributed by atoms with Gasteiger partial charge in [0.1, 0.15) is 5.41 Å². The van der Waals surface area contributed by atoms with E-state index in [4.69, 9.17) is 13.8 Å². The minimum Gasteiger partial charge on any atom is -0.383 e. The zero-order valence-electron chi connectivity index (χ0n) is 22.1. The molecule has 0 spiro atoms. The number of amides is 1. The Bertz CT molecular complexity index is 965. The fraction of sp³-hybridized carbons (Fsp3) is 0.552. The smallest absolute Gasteiger partial charge is 0.330 e. The van der Waals surface area contributed by atoms with Gasteiger partial charge in [-0.25, -0.2) is 0 Å². The summed E-state index contributed by atoms with van der Waals surface area (Å²) in [5.41, 5.74) is 3.47. The summed E-state index contributed by atoms with van der Waals surface area (Å²) >= 11 is 0. The van der Waals surface area contributed by atoms with E-state index in [2.05, 4.69) is 43.4 Å². The van der Waals surface area contributed by atoms with Crippen LogP contribution < -0.4 is 5.32 Å². The maximum atomic E-state index is 13.8. The number of nitrogens with one attached hydrogen (secondary N) is 1. The highest BCUT2D eigenvalue weighted by Crippen LogP contribution is 2.53. The third-order valence-electron chi connectivity index (χ3n) is 6.85. The average Bonchev–Trinajstić information content (AvgIpc) is 3.18. The first kappa shape index (κ1) is 28.6. The van der Waals surface area contributed by atoms with Crippen LogP contribution in [0.4, 0.5) is 0 Å². The molecule has 198 valence electrons. The Hall–Kier alpha value is -1.98. The van der Waals surface area contributed by atoms with Gasteiger partial charge in [-0.1, -0.05) is 81.6 Å². The van der Waals surface area contributed by atoms with Crippen molar-refractivity contribution in [3.8, 4) is 11.1 Å². The van der Waals surface area contributed by atoms with E-state index in [1.807, 2.05) is 24.3 Å². The Morgan fingerprint density at radius 3 is 1.92 bits per heavy atom. The molecule has 0 heterocycles. The number of unbranched alkanes of at least 4 members (excludes halogenated alkanes) is 3. The second-order valence-corrected chi connectivity index (χ2v) is 11.6. The number of methoxy groups -OCH3 is 1. The third-order valence-corrected chi connectivity index (χ3v) is 8.86. The molecule has 6 nitrogen and oxygen atoms in total. The Labute approximate surface area is 216 Å². The number of carbonyl (C=O) groups excluding carboxylic acids is 1. The molecule has 1 N–H and O–H groups in total. The summed E-state index contributed by atoms with van der Waals surface area (Å²) in [5, 5.41) is 3.11. The van der Waals surface area contributed by atoms with Crippen LogP contribution in [0.25, 0.3) is 11.1 Å². The highest BCUT2D eigenvalue weighted by Gasteiger charge is 2.48. The topological polar surface area (TPSA) is 73.9 Å². The van der Waals surface area contributed by atoms with E-state index in [-0.39, 0.29) is 5.91 Å². The number of rotatable bonds is 17. The average molecular weight is 516 g/mol. The molecule has 36 heavy (non-hydrogen) atoms. The van der Waals surface area contributed by atoms with Gasteiger partial charge in [0.15, 0.2) is 0 Å². The molecule has 0 fully saturated rings. The van der Waals surface area contributed by atoms with Crippen LogP contribution in [-0.4, -0.2) is 45.5 Å². The maximum Gasteiger partial charge on any atom is 0.330 e. The van der Waals surface area contributed by atoms with E-state index in [1.165, 1.54) is 0 Å². The van der Waals surface area contributed by atoms with Crippen molar-refractivity contribution in [3.63, 3.8) is 0 Å². The summed E-state index contributed by atoms with van der Waals surface area (Å²) in [4.78, 5) is 13.8. The van der Waals surface area contributed by atoms with Crippen molar-refractivity contribution in [1.82, 2.24) is 5.32 Å². The van der Waals surface area contributed by atoms with Crippen LogP contribution in [0.1, 0.15) is 69.9 Å². The molecule has 0 aliphatic heterocycles. The van der Waals surface area contributed by atoms with Gasteiger partial charge in [-0.15, -0.1) is 0 Å². The standard InChI is InChI=1S/C29H42NO5P/c1-4-6-20-34-36(32,35-21-7-5-2)23-13-12-18-29(28(31)30-19-22-33-3)26-16-10-8-14-24(26)25-15-9-11-17-27(25)29/h8-11,14-17H,4-7,12-13,18-23H2,1-3H3,(H,30,31). The van der Waals surface area contributed by atoms with Crippen LogP contribution in [-0.2, 0) is 28.6 Å². The van der Waals surface area contributed by atoms with Gasteiger partial charge in [0.25, 0.3) is 0 Å². The lowest BCUT2D eigenvalue weighted by atomic mass is 9.73. The van der Waals surface area contributed by atoms with Crippen LogP contribution in [0.15, 0.2) is 48.5 Å². The van der Waals surface area contributed by atoms with Gasteiger partial charge in [-0.3, -0.25) is 9.36 Å². The SMILES string of the molecule is CCCCOP(=O)(CCCCC1(C(=O)NCCOC)c2ccccc2-c2ccccc21)OCCCC. The molecule has 0 unspecified atom stereocenters. The zero-order chi connectivity index (χ0) is 25.9. The largest absolute Gasteiger partial charge is 0.383 e. The normalized spacial score (nSPS) is 13.9. The third kappa shape index (κ3) is 6.66. The summed E-state index contributed by atoms with van der Waals surface area (Å²) in [5.74, 6) is -0.0153. The molecule has 1 amide bonds. The number of carbonyl (C=O) groups is 1. The Kier molecular flexibility index (Phi) is 11.2. The van der Waals surface area contributed by atoms with Gasteiger partial charge in [0, 0.05) is 13.7 Å². The number of ether oxygens (including phenoxy) is 1. The van der Waals surface area contributed by atoms with Gasteiger partial charge in [-0.2, -0.15) is 0 Å². The van der Waals surface area contributed by atoms with E-state index in [0.29, 0.717) is 45.4 Å². The molecule has 0 aromatic heterocycles. The zero-order valence-corrected chi connectivity index (χ0v) is 23.0. The lowest BCUT2D eigenvalue weighted by molar-refractivity contribution is -0.125. The van der Waals surface area contributed by atoms with Crippen LogP contribution in [0.5, 0.6) is 0 Å². The molecule has 1 aliphatic carbocycles. The van der Waals surface area contributed by atoms with E-state index < -0.39 is 13.0 Å². The molecule has 0 bridgehead atoms. The minimum atomic E-state index is -3.16. The molecule has 0 radical (unpaired) electrons. The second-order valence-electron chi connectivity index (χ2n) is 9.41. The lowest BCUT2D eigenvalue weighted by Crippen LogP contribution is -2.45. The molecule has 0 saturated heterocycles. The molecule has 2 aromatic rings. The number of fused-ring (bicyclic) bond motifs is 3. The van der Waals surface area contributed by atoms with Gasteiger partial charge in [0.2, 0.25) is 5.91 Å². The minimum absolute atomic E-state index is 0.0153. The summed E-state index contributed by atoms with van der Waals surface area (Å²) in [6.45, 7) is 5.98. The monoisotopic (exact) mass is 515 g/mol. The predicted molar refractivity (Wildman–Crippen MR) is 146 cm³/mol. The van der Waals surface area contributed by atoms with Crippen LogP contribution in [0, 0.1) is 0 Å². The summed E-state index contributed by atoms with van der Waals surface area (Å²) < 4.78 is 30.1. The number of hydrogen-bond acceptors (Lipinski definition) is 5. The molecule has 0 saturated carbocycles. The quantitative estimate of drug-likeness (QED) is 0.187. The van der Waals surface area contributed by atoms with E-state index in [0.717, 1.165) is 54.4 Å². The fourth-order valence-electron chi connectivity index (χ4n) is 4.93. The van der Waals surface area contributed by atoms with Gasteiger partial charge >= 0.3 is 7.60 Å². The number of benzene rings is 2. The van der Waals surface area contributed by atoms with E-state index >= 15 is 0 Å². The first-order chi connectivity index (χ1) is 17.5. The summed E-state index contributed by atoms with van der Waals surface area (Å²) in [7, 11) is -1.53. The van der Waals surface area contributed by atoms with E-state index in [1.54, 1.807) is 7.11 Å². The first-order valence-corrected chi connectivity index (χ1v) is 15.1. The summed E-state index contributed by atoms with van der Waals surface area (Å²) in [6.07, 6.45) is 6.04. The van der Waals surface area contributed by atoms with Crippen molar-refractivity contribution in [3.05, 3.63) is 59.7 Å². The van der Waals surface area contributed by atoms with Crippen molar-refractivity contribution in [1.29, 1.82) is 0 Å². The number of hydrogen-bond donors (Lipinski definition) is 1. The Morgan fingerprint density at radius 2 is 1.39 bits per heavy atom. The Morgan fingerprint density at radius 1 is 0.833 bits per heavy atom. The highest BCUT2D eigenvalue weighted by atomic mass is 31.2. The van der Waals surface area contributed by atoms with Crippen LogP contribution in [0.3, 0.4) is 0 Å². The molecule has 3 rings (SSSR count). The highest BCUT2D eigenvalue weighted by molar-refractivity contribution is 7.53. The lowest BCUT2D eigenvalue weighted by Gasteiger charge is -2.31. The molecular formula is C29H42NO5P. The molecular weight excluding hydrogens is 473 g/mol. The van der Waals surface area contributed by atoms with Crippen molar-refractivity contribution in [2.45, 2.75) is 64.2 Å². The van der Waals surface area contributed by atoms with Crippen molar-refractivity contribution >= 4 is 13.5 Å². The van der Waals surface area contributed by atoms with Crippen LogP contribution in [0.2, 0.25) is 0 Å². The van der Waals surface area contributed by atoms with Gasteiger partial charge in [0.05, 0.1) is 26.0 Å². The second kappa shape index (κ2) is 14.1. The van der Waals surface area contributed by atoms with E-state index in [9.17, 15) is 9.36 Å². The Balaban J connectivity index is 1.80. The van der Waals surface area contributed by atoms with Gasteiger partial charge in [-0.05, 0) is 47.9 Å².